The number of carbonyl (C=O) groups is 2. The van der Waals surface area contributed by atoms with E-state index >= 15 is 0 Å². The van der Waals surface area contributed by atoms with Gasteiger partial charge in [0.15, 0.2) is 16.6 Å². The number of nitrogens with zero attached hydrogens (tertiary/aromatic N) is 3. The molecule has 0 fully saturated rings. The fourth-order valence-corrected chi connectivity index (χ4v) is 10.3. The Bertz CT molecular complexity index is 1270. The molecular formula is C50H100N4O6Si2. The lowest BCUT2D eigenvalue weighted by atomic mass is 10.0. The van der Waals surface area contributed by atoms with Crippen molar-refractivity contribution in [1.82, 2.24) is 19.8 Å². The second-order valence-corrected chi connectivity index (χ2v) is 32.0. The summed E-state index contributed by atoms with van der Waals surface area (Å²) in [6, 6.07) is -1.10. The van der Waals surface area contributed by atoms with E-state index in [-0.39, 0.29) is 35.3 Å². The van der Waals surface area contributed by atoms with Crippen LogP contribution in [0.4, 0.5) is 4.79 Å². The maximum Gasteiger partial charge on any atom is 0.411 e. The fourth-order valence-electron chi connectivity index (χ4n) is 7.50. The van der Waals surface area contributed by atoms with E-state index in [1.54, 1.807) is 6.20 Å². The minimum atomic E-state index is -2.11. The van der Waals surface area contributed by atoms with E-state index in [0.29, 0.717) is 18.7 Å². The van der Waals surface area contributed by atoms with Gasteiger partial charge >= 0.3 is 12.1 Å². The highest BCUT2D eigenvalue weighted by atomic mass is 28.4. The molecule has 0 aromatic carbocycles. The van der Waals surface area contributed by atoms with Gasteiger partial charge in [0.25, 0.3) is 0 Å². The normalized spacial score (nSPS) is 14.6. The molecule has 1 aromatic rings. The SMILES string of the molecule is CCCCCCCCCCC(CN(CCCN(C(=O)OC(C)(C)C)[C@@H](Cc1cnc[nH]1)C(=O)O)CC(CCCCCCCCCC)O[Si](C)(C)C(C)(C)C)O[Si](C)(C)C(C)(C)C. The van der Waals surface area contributed by atoms with Crippen LogP contribution < -0.4 is 0 Å². The first-order valence-electron chi connectivity index (χ1n) is 25.1. The van der Waals surface area contributed by atoms with Crippen LogP contribution in [0.3, 0.4) is 0 Å². The third kappa shape index (κ3) is 24.5. The van der Waals surface area contributed by atoms with Crippen LogP contribution in [-0.2, 0) is 24.8 Å². The summed E-state index contributed by atoms with van der Waals surface area (Å²) < 4.78 is 20.5. The highest BCUT2D eigenvalue weighted by molar-refractivity contribution is 6.74. The van der Waals surface area contributed by atoms with Gasteiger partial charge in [0.1, 0.15) is 11.6 Å². The second kappa shape index (κ2) is 29.0. The Kier molecular flexibility index (Phi) is 27.3. The Morgan fingerprint density at radius 2 is 1.08 bits per heavy atom. The van der Waals surface area contributed by atoms with Crippen LogP contribution in [-0.4, -0.2) is 104 Å². The molecule has 2 unspecified atom stereocenters. The van der Waals surface area contributed by atoms with Crippen molar-refractivity contribution >= 4 is 28.7 Å². The molecule has 0 aliphatic carbocycles. The van der Waals surface area contributed by atoms with E-state index < -0.39 is 40.3 Å². The molecule has 364 valence electrons. The number of imidazole rings is 1. The van der Waals surface area contributed by atoms with E-state index in [4.69, 9.17) is 13.6 Å². The van der Waals surface area contributed by atoms with Gasteiger partial charge < -0.3 is 23.7 Å². The number of hydrogen-bond donors (Lipinski definition) is 2. The van der Waals surface area contributed by atoms with Crippen molar-refractivity contribution in [1.29, 1.82) is 0 Å². The number of carbonyl (C=O) groups excluding carboxylic acids is 1. The standard InChI is InChI=1S/C50H100N4O6Si2/c1-16-18-20-22-24-26-28-30-33-43(59-61(12,13)49(6,7)8)39-53(40-44(60-62(14,15)50(9,10)11)34-31-29-27-25-23-21-19-17-2)35-32-36-54(47(57)58-48(3,4)5)45(46(55)56)37-42-38-51-41-52-42/h38,41,43-45H,16-37,39-40H2,1-15H3,(H,51,52)(H,55,56)/t43?,44?,45-/m0/s1. The number of aromatic nitrogens is 2. The maximum absolute atomic E-state index is 13.8. The summed E-state index contributed by atoms with van der Waals surface area (Å²) in [6.45, 7) is 35.9. The summed E-state index contributed by atoms with van der Waals surface area (Å²) in [5, 5.41) is 10.7. The lowest BCUT2D eigenvalue weighted by molar-refractivity contribution is -0.143. The fraction of sp³-hybridized carbons (Fsp3) is 0.900. The predicted octanol–water partition coefficient (Wildman–Crippen LogP) is 14.2. The smallest absolute Gasteiger partial charge is 0.411 e. The third-order valence-corrected chi connectivity index (χ3v) is 22.4. The molecule has 0 saturated heterocycles. The van der Waals surface area contributed by atoms with Crippen LogP contribution in [0.25, 0.3) is 0 Å². The lowest BCUT2D eigenvalue weighted by Crippen LogP contribution is -2.51. The van der Waals surface area contributed by atoms with Crippen LogP contribution in [0.15, 0.2) is 12.5 Å². The van der Waals surface area contributed by atoms with Crippen LogP contribution in [0.1, 0.15) is 204 Å². The molecule has 2 N–H and O–H groups in total. The summed E-state index contributed by atoms with van der Waals surface area (Å²) in [4.78, 5) is 37.8. The van der Waals surface area contributed by atoms with E-state index in [0.717, 1.165) is 38.8 Å². The van der Waals surface area contributed by atoms with Crippen molar-refractivity contribution in [2.45, 2.75) is 265 Å². The van der Waals surface area contributed by atoms with Crippen LogP contribution in [0.2, 0.25) is 36.3 Å². The maximum atomic E-state index is 13.8. The lowest BCUT2D eigenvalue weighted by Gasteiger charge is -2.43. The summed E-state index contributed by atoms with van der Waals surface area (Å²) in [5.41, 5.74) is -0.114. The minimum absolute atomic E-state index is 0.0710. The number of ether oxygens (including phenoxy) is 1. The predicted molar refractivity (Wildman–Crippen MR) is 266 cm³/mol. The van der Waals surface area contributed by atoms with Crippen LogP contribution in [0.5, 0.6) is 0 Å². The van der Waals surface area contributed by atoms with Gasteiger partial charge in [-0.05, 0) is 76.3 Å². The van der Waals surface area contributed by atoms with Crippen molar-refractivity contribution < 1.29 is 28.3 Å². The minimum Gasteiger partial charge on any atom is -0.480 e. The molecular weight excluding hydrogens is 809 g/mol. The summed E-state index contributed by atoms with van der Waals surface area (Å²) in [7, 11) is -4.22. The van der Waals surface area contributed by atoms with Gasteiger partial charge in [0.05, 0.1) is 18.5 Å². The molecule has 0 saturated carbocycles. The first-order chi connectivity index (χ1) is 28.8. The molecule has 62 heavy (non-hydrogen) atoms. The molecule has 10 nitrogen and oxygen atoms in total. The Labute approximate surface area is 384 Å². The van der Waals surface area contributed by atoms with Gasteiger partial charge in [-0.25, -0.2) is 14.6 Å². The Morgan fingerprint density at radius 3 is 1.44 bits per heavy atom. The molecule has 0 bridgehead atoms. The van der Waals surface area contributed by atoms with E-state index in [9.17, 15) is 14.7 Å². The van der Waals surface area contributed by atoms with Crippen LogP contribution in [0, 0.1) is 0 Å². The molecule has 1 rings (SSSR count). The zero-order chi connectivity index (χ0) is 47.0. The number of carboxylic acids is 1. The second-order valence-electron chi connectivity index (χ2n) is 22.4. The Hall–Kier alpha value is -1.74. The number of H-pyrrole nitrogens is 1. The number of aromatic amines is 1. The number of hydrogen-bond acceptors (Lipinski definition) is 7. The quantitative estimate of drug-likeness (QED) is 0.0519. The molecule has 1 aromatic heterocycles. The average Bonchev–Trinajstić information content (AvgIpc) is 3.66. The number of aliphatic carboxylic acids is 1. The molecule has 12 heteroatoms. The average molecular weight is 910 g/mol. The van der Waals surface area contributed by atoms with Gasteiger partial charge in [-0.1, -0.05) is 158 Å². The van der Waals surface area contributed by atoms with Gasteiger partial charge in [-0.15, -0.1) is 0 Å². The zero-order valence-electron chi connectivity index (χ0n) is 43.2. The van der Waals surface area contributed by atoms with E-state index in [1.165, 1.54) is 101 Å². The van der Waals surface area contributed by atoms with Crippen LogP contribution >= 0.6 is 0 Å². The summed E-state index contributed by atoms with van der Waals surface area (Å²) in [5.74, 6) is -1.07. The van der Waals surface area contributed by atoms with Gasteiger partial charge in [0, 0.05) is 44.5 Å². The molecule has 0 aliphatic heterocycles. The Morgan fingerprint density at radius 1 is 0.661 bits per heavy atom. The highest BCUT2D eigenvalue weighted by Crippen LogP contribution is 2.39. The van der Waals surface area contributed by atoms with Crippen molar-refractivity contribution in [3.05, 3.63) is 18.2 Å². The monoisotopic (exact) mass is 909 g/mol. The number of unbranched alkanes of at least 4 members (excludes halogenated alkanes) is 14. The third-order valence-electron chi connectivity index (χ3n) is 13.3. The number of carboxylic acid groups (broad SMARTS) is 1. The van der Waals surface area contributed by atoms with Crippen molar-refractivity contribution in [3.63, 3.8) is 0 Å². The van der Waals surface area contributed by atoms with E-state index in [2.05, 4.69) is 96.4 Å². The van der Waals surface area contributed by atoms with E-state index in [1.807, 2.05) is 20.8 Å². The summed E-state index contributed by atoms with van der Waals surface area (Å²) in [6.07, 6.45) is 25.8. The summed E-state index contributed by atoms with van der Waals surface area (Å²) >= 11 is 0. The number of nitrogens with one attached hydrogen (secondary N) is 1. The van der Waals surface area contributed by atoms with Gasteiger partial charge in [-0.3, -0.25) is 9.80 Å². The molecule has 0 spiro atoms. The number of amides is 1. The molecule has 3 atom stereocenters. The van der Waals surface area contributed by atoms with Gasteiger partial charge in [0.2, 0.25) is 0 Å². The molecule has 0 aliphatic rings. The molecule has 1 heterocycles. The van der Waals surface area contributed by atoms with Crippen molar-refractivity contribution in [2.24, 2.45) is 0 Å². The highest BCUT2D eigenvalue weighted by Gasteiger charge is 2.41. The van der Waals surface area contributed by atoms with Crippen molar-refractivity contribution in [2.75, 3.05) is 26.2 Å². The topological polar surface area (TPSA) is 117 Å². The zero-order valence-corrected chi connectivity index (χ0v) is 45.2. The van der Waals surface area contributed by atoms with Gasteiger partial charge in [-0.2, -0.15) is 0 Å². The number of rotatable bonds is 34. The Balaban J connectivity index is 3.55. The largest absolute Gasteiger partial charge is 0.480 e. The first kappa shape index (κ1) is 58.3. The molecule has 0 radical (unpaired) electrons. The first-order valence-corrected chi connectivity index (χ1v) is 30.9. The van der Waals surface area contributed by atoms with Crippen molar-refractivity contribution in [3.8, 4) is 0 Å². The molecule has 1 amide bonds.